The maximum absolute atomic E-state index is 12.9. The fourth-order valence-electron chi connectivity index (χ4n) is 3.10. The van der Waals surface area contributed by atoms with Crippen molar-refractivity contribution in [2.75, 3.05) is 12.1 Å². The van der Waals surface area contributed by atoms with Crippen LogP contribution < -0.4 is 14.8 Å². The van der Waals surface area contributed by atoms with Crippen molar-refractivity contribution >= 4 is 34.7 Å². The molecule has 3 aromatic rings. The Labute approximate surface area is 173 Å². The van der Waals surface area contributed by atoms with Gasteiger partial charge in [0.2, 0.25) is 6.79 Å². The van der Waals surface area contributed by atoms with E-state index >= 15 is 0 Å². The molecule has 28 heavy (non-hydrogen) atoms. The van der Waals surface area contributed by atoms with Crippen LogP contribution in [0.1, 0.15) is 28.4 Å². The number of halogens is 2. The monoisotopic (exact) mass is 413 g/mol. The van der Waals surface area contributed by atoms with Gasteiger partial charge >= 0.3 is 0 Å². The number of hydrogen-bond acceptors (Lipinski definition) is 4. The number of nitrogens with one attached hydrogen (secondary N) is 1. The first-order chi connectivity index (χ1) is 13.6. The van der Waals surface area contributed by atoms with Gasteiger partial charge in [-0.05, 0) is 60.2 Å². The van der Waals surface area contributed by atoms with E-state index in [0.29, 0.717) is 27.1 Å². The lowest BCUT2D eigenvalue weighted by Gasteiger charge is -2.20. The summed E-state index contributed by atoms with van der Waals surface area (Å²) in [5, 5.41) is 4.63. The highest BCUT2D eigenvalue weighted by molar-refractivity contribution is 6.31. The van der Waals surface area contributed by atoms with E-state index in [1.54, 1.807) is 30.3 Å². The second-order valence-electron chi connectivity index (χ2n) is 6.45. The topological polar surface area (TPSA) is 47.6 Å². The first kappa shape index (κ1) is 18.7. The summed E-state index contributed by atoms with van der Waals surface area (Å²) in [4.78, 5) is 12.9. The third kappa shape index (κ3) is 4.24. The SMILES string of the molecule is O=C(CC(Nc1cccc(Cl)c1)c1ccc2c(c1)OCO2)c1ccc(Cl)cc1. The summed E-state index contributed by atoms with van der Waals surface area (Å²) >= 11 is 12.0. The normalized spacial score (nSPS) is 13.2. The first-order valence-electron chi connectivity index (χ1n) is 8.79. The molecule has 1 heterocycles. The summed E-state index contributed by atoms with van der Waals surface area (Å²) < 4.78 is 10.9. The minimum atomic E-state index is -0.267. The molecule has 6 heteroatoms. The van der Waals surface area contributed by atoms with E-state index in [0.717, 1.165) is 11.3 Å². The number of carbonyl (C=O) groups is 1. The Bertz CT molecular complexity index is 1000. The zero-order chi connectivity index (χ0) is 19.5. The standard InChI is InChI=1S/C22H17Cl2NO3/c23-16-7-4-14(5-8-16)20(26)12-19(25-18-3-1-2-17(24)11-18)15-6-9-21-22(10-15)28-13-27-21/h1-11,19,25H,12-13H2. The molecule has 1 unspecified atom stereocenters. The lowest BCUT2D eigenvalue weighted by atomic mass is 9.97. The minimum Gasteiger partial charge on any atom is -0.454 e. The van der Waals surface area contributed by atoms with Crippen molar-refractivity contribution in [3.8, 4) is 11.5 Å². The fraction of sp³-hybridized carbons (Fsp3) is 0.136. The molecule has 0 bridgehead atoms. The van der Waals surface area contributed by atoms with Crippen molar-refractivity contribution in [1.29, 1.82) is 0 Å². The molecule has 0 radical (unpaired) electrons. The lowest BCUT2D eigenvalue weighted by Crippen LogP contribution is -2.16. The Hall–Kier alpha value is -2.69. The van der Waals surface area contributed by atoms with Gasteiger partial charge in [-0.1, -0.05) is 35.3 Å². The maximum atomic E-state index is 12.9. The molecule has 3 aromatic carbocycles. The number of ether oxygens (including phenoxy) is 2. The van der Waals surface area contributed by atoms with E-state index < -0.39 is 0 Å². The van der Waals surface area contributed by atoms with Gasteiger partial charge in [-0.15, -0.1) is 0 Å². The van der Waals surface area contributed by atoms with Gasteiger partial charge in [0.05, 0.1) is 6.04 Å². The van der Waals surface area contributed by atoms with Crippen LogP contribution in [0.4, 0.5) is 5.69 Å². The van der Waals surface area contributed by atoms with Gasteiger partial charge in [0.15, 0.2) is 17.3 Å². The van der Waals surface area contributed by atoms with Crippen molar-refractivity contribution in [3.63, 3.8) is 0 Å². The molecule has 1 aliphatic heterocycles. The molecular formula is C22H17Cl2NO3. The highest BCUT2D eigenvalue weighted by Gasteiger charge is 2.21. The van der Waals surface area contributed by atoms with Gasteiger partial charge in [0.1, 0.15) is 0 Å². The summed E-state index contributed by atoms with van der Waals surface area (Å²) in [5.41, 5.74) is 2.37. The maximum Gasteiger partial charge on any atom is 0.231 e. The summed E-state index contributed by atoms with van der Waals surface area (Å²) in [7, 11) is 0. The van der Waals surface area contributed by atoms with Gasteiger partial charge in [-0.3, -0.25) is 4.79 Å². The second kappa shape index (κ2) is 8.13. The molecular weight excluding hydrogens is 397 g/mol. The van der Waals surface area contributed by atoms with E-state index in [4.69, 9.17) is 32.7 Å². The molecule has 1 aliphatic rings. The van der Waals surface area contributed by atoms with Crippen LogP contribution in [0.15, 0.2) is 66.7 Å². The summed E-state index contributed by atoms with van der Waals surface area (Å²) in [6, 6.07) is 19.7. The molecule has 0 saturated heterocycles. The Balaban J connectivity index is 1.62. The fourth-order valence-corrected chi connectivity index (χ4v) is 3.42. The zero-order valence-corrected chi connectivity index (χ0v) is 16.3. The van der Waals surface area contributed by atoms with Crippen molar-refractivity contribution < 1.29 is 14.3 Å². The number of Topliss-reactive ketones (excluding diaryl/α,β-unsaturated/α-hetero) is 1. The van der Waals surface area contributed by atoms with Crippen LogP contribution in [0, 0.1) is 0 Å². The average Bonchev–Trinajstić information content (AvgIpc) is 3.16. The number of carbonyl (C=O) groups excluding carboxylic acids is 1. The molecule has 1 N–H and O–H groups in total. The van der Waals surface area contributed by atoms with Gasteiger partial charge in [-0.25, -0.2) is 0 Å². The number of fused-ring (bicyclic) bond motifs is 1. The van der Waals surface area contributed by atoms with Crippen molar-refractivity contribution in [1.82, 2.24) is 0 Å². The number of ketones is 1. The number of rotatable bonds is 6. The van der Waals surface area contributed by atoms with E-state index in [-0.39, 0.29) is 25.0 Å². The van der Waals surface area contributed by atoms with Gasteiger partial charge in [0, 0.05) is 27.7 Å². The molecule has 0 aliphatic carbocycles. The van der Waals surface area contributed by atoms with Crippen molar-refractivity contribution in [2.24, 2.45) is 0 Å². The van der Waals surface area contributed by atoms with Crippen molar-refractivity contribution in [3.05, 3.63) is 87.9 Å². The summed E-state index contributed by atoms with van der Waals surface area (Å²) in [6.45, 7) is 0.203. The Morgan fingerprint density at radius 2 is 1.71 bits per heavy atom. The first-order valence-corrected chi connectivity index (χ1v) is 9.54. The van der Waals surface area contributed by atoms with Crippen LogP contribution in [0.3, 0.4) is 0 Å². The second-order valence-corrected chi connectivity index (χ2v) is 7.33. The predicted molar refractivity (Wildman–Crippen MR) is 111 cm³/mol. The number of benzene rings is 3. The molecule has 0 amide bonds. The summed E-state index contributed by atoms with van der Waals surface area (Å²) in [6.07, 6.45) is 0.258. The zero-order valence-electron chi connectivity index (χ0n) is 14.8. The third-order valence-corrected chi connectivity index (χ3v) is 5.01. The van der Waals surface area contributed by atoms with E-state index in [1.807, 2.05) is 36.4 Å². The summed E-state index contributed by atoms with van der Waals surface area (Å²) in [5.74, 6) is 1.39. The molecule has 0 aromatic heterocycles. The van der Waals surface area contributed by atoms with E-state index in [9.17, 15) is 4.79 Å². The minimum absolute atomic E-state index is 0.00821. The molecule has 0 spiro atoms. The van der Waals surface area contributed by atoms with Crippen LogP contribution in [0.2, 0.25) is 10.0 Å². The van der Waals surface area contributed by atoms with Crippen LogP contribution in [-0.4, -0.2) is 12.6 Å². The lowest BCUT2D eigenvalue weighted by molar-refractivity contribution is 0.0976. The van der Waals surface area contributed by atoms with Crippen molar-refractivity contribution in [2.45, 2.75) is 12.5 Å². The highest BCUT2D eigenvalue weighted by Crippen LogP contribution is 2.36. The highest BCUT2D eigenvalue weighted by atomic mass is 35.5. The molecule has 0 saturated carbocycles. The van der Waals surface area contributed by atoms with E-state index in [2.05, 4.69) is 5.32 Å². The van der Waals surface area contributed by atoms with Crippen LogP contribution in [0.25, 0.3) is 0 Å². The Kier molecular flexibility index (Phi) is 5.42. The van der Waals surface area contributed by atoms with Gasteiger partial charge in [-0.2, -0.15) is 0 Å². The number of hydrogen-bond donors (Lipinski definition) is 1. The van der Waals surface area contributed by atoms with Crippen LogP contribution >= 0.6 is 23.2 Å². The smallest absolute Gasteiger partial charge is 0.231 e. The Morgan fingerprint density at radius 1 is 0.929 bits per heavy atom. The predicted octanol–water partition coefficient (Wildman–Crippen LogP) is 6.15. The van der Waals surface area contributed by atoms with E-state index in [1.165, 1.54) is 0 Å². The third-order valence-electron chi connectivity index (χ3n) is 4.52. The van der Waals surface area contributed by atoms with Gasteiger partial charge < -0.3 is 14.8 Å². The van der Waals surface area contributed by atoms with Gasteiger partial charge in [0.25, 0.3) is 0 Å². The molecule has 1 atom stereocenters. The van der Waals surface area contributed by atoms with Crippen LogP contribution in [-0.2, 0) is 0 Å². The quantitative estimate of drug-likeness (QED) is 0.492. The average molecular weight is 414 g/mol. The Morgan fingerprint density at radius 3 is 2.50 bits per heavy atom. The molecule has 4 rings (SSSR count). The van der Waals surface area contributed by atoms with Crippen LogP contribution in [0.5, 0.6) is 11.5 Å². The molecule has 142 valence electrons. The molecule has 4 nitrogen and oxygen atoms in total. The molecule has 0 fully saturated rings. The number of anilines is 1. The largest absolute Gasteiger partial charge is 0.454 e.